The van der Waals surface area contributed by atoms with Gasteiger partial charge in [0.25, 0.3) is 5.91 Å². The van der Waals surface area contributed by atoms with Crippen LogP contribution in [-0.4, -0.2) is 35.1 Å². The minimum Gasteiger partial charge on any atom is -0.481 e. The molecule has 6 nitrogen and oxygen atoms in total. The minimum absolute atomic E-state index is 0.127. The van der Waals surface area contributed by atoms with Crippen LogP contribution in [-0.2, 0) is 0 Å². The number of carbonyl (C=O) groups excluding carboxylic acids is 1. The van der Waals surface area contributed by atoms with E-state index in [1.807, 2.05) is 6.92 Å². The van der Waals surface area contributed by atoms with Gasteiger partial charge in [0.15, 0.2) is 0 Å². The summed E-state index contributed by atoms with van der Waals surface area (Å²) in [5.74, 6) is 0.995. The Morgan fingerprint density at radius 1 is 1.11 bits per heavy atom. The summed E-state index contributed by atoms with van der Waals surface area (Å²) >= 11 is 11.9. The number of anilines is 1. The number of benzene rings is 1. The lowest BCUT2D eigenvalue weighted by Crippen LogP contribution is -2.40. The Balaban J connectivity index is 1.52. The first-order chi connectivity index (χ1) is 12.9. The molecule has 3 rings (SSSR count). The molecular weight excluding hydrogens is 387 g/mol. The van der Waals surface area contributed by atoms with Gasteiger partial charge in [-0.1, -0.05) is 23.2 Å². The number of aryl methyl sites for hydroxylation is 1. The summed E-state index contributed by atoms with van der Waals surface area (Å²) in [6, 6.07) is 5.25. The van der Waals surface area contributed by atoms with E-state index in [1.54, 1.807) is 31.5 Å². The number of methoxy groups -OCH3 is 1. The van der Waals surface area contributed by atoms with Crippen LogP contribution in [0, 0.1) is 6.92 Å². The van der Waals surface area contributed by atoms with E-state index in [4.69, 9.17) is 27.9 Å². The molecule has 0 spiro atoms. The van der Waals surface area contributed by atoms with Crippen molar-refractivity contribution < 1.29 is 9.53 Å². The zero-order valence-corrected chi connectivity index (χ0v) is 16.8. The number of nitrogens with zero attached hydrogens (tertiary/aromatic N) is 2. The van der Waals surface area contributed by atoms with Gasteiger partial charge in [0.2, 0.25) is 11.8 Å². The van der Waals surface area contributed by atoms with Crippen molar-refractivity contribution in [2.24, 2.45) is 0 Å². The second kappa shape index (κ2) is 8.76. The molecule has 0 radical (unpaired) electrons. The summed E-state index contributed by atoms with van der Waals surface area (Å²) in [5, 5.41) is 7.32. The fourth-order valence-electron chi connectivity index (χ4n) is 3.22. The van der Waals surface area contributed by atoms with Crippen molar-refractivity contribution in [2.75, 3.05) is 12.4 Å². The largest absolute Gasteiger partial charge is 0.481 e. The van der Waals surface area contributed by atoms with Crippen LogP contribution >= 0.6 is 23.2 Å². The topological polar surface area (TPSA) is 76.1 Å². The molecule has 0 saturated heterocycles. The van der Waals surface area contributed by atoms with Crippen LogP contribution in [0.15, 0.2) is 24.4 Å². The number of carbonyl (C=O) groups is 1. The van der Waals surface area contributed by atoms with Crippen LogP contribution in [0.25, 0.3) is 0 Å². The molecule has 1 aromatic heterocycles. The van der Waals surface area contributed by atoms with Crippen LogP contribution in [0.5, 0.6) is 5.88 Å². The zero-order chi connectivity index (χ0) is 19.4. The summed E-state index contributed by atoms with van der Waals surface area (Å²) in [5.41, 5.74) is 1.38. The number of nitrogens with one attached hydrogen (secondary N) is 2. The molecule has 1 amide bonds. The maximum absolute atomic E-state index is 12.4. The average Bonchev–Trinajstić information content (AvgIpc) is 2.64. The molecule has 1 aliphatic rings. The van der Waals surface area contributed by atoms with E-state index in [1.165, 1.54) is 0 Å². The molecule has 0 unspecified atom stereocenters. The first kappa shape index (κ1) is 19.7. The highest BCUT2D eigenvalue weighted by Gasteiger charge is 2.23. The monoisotopic (exact) mass is 408 g/mol. The van der Waals surface area contributed by atoms with E-state index in [9.17, 15) is 4.79 Å². The van der Waals surface area contributed by atoms with Crippen molar-refractivity contribution in [3.05, 3.63) is 45.6 Å². The van der Waals surface area contributed by atoms with Crippen LogP contribution < -0.4 is 15.4 Å². The van der Waals surface area contributed by atoms with Crippen molar-refractivity contribution in [1.82, 2.24) is 15.3 Å². The highest BCUT2D eigenvalue weighted by molar-refractivity contribution is 6.35. The summed E-state index contributed by atoms with van der Waals surface area (Å²) in [6.45, 7) is 1.91. The normalized spacial score (nSPS) is 19.4. The Labute approximate surface area is 168 Å². The van der Waals surface area contributed by atoms with Crippen molar-refractivity contribution in [3.8, 4) is 5.88 Å². The average molecular weight is 409 g/mol. The Morgan fingerprint density at radius 2 is 1.74 bits per heavy atom. The van der Waals surface area contributed by atoms with Crippen molar-refractivity contribution >= 4 is 35.1 Å². The van der Waals surface area contributed by atoms with Gasteiger partial charge in [0, 0.05) is 39.5 Å². The summed E-state index contributed by atoms with van der Waals surface area (Å²) in [4.78, 5) is 21.1. The maximum atomic E-state index is 12.4. The molecule has 1 aliphatic carbocycles. The Hall–Kier alpha value is -2.05. The molecule has 1 fully saturated rings. The third kappa shape index (κ3) is 5.23. The number of ether oxygens (including phenoxy) is 1. The zero-order valence-electron chi connectivity index (χ0n) is 15.3. The van der Waals surface area contributed by atoms with Gasteiger partial charge in [-0.05, 0) is 50.8 Å². The number of aromatic nitrogens is 2. The maximum Gasteiger partial charge on any atom is 0.251 e. The van der Waals surface area contributed by atoms with E-state index in [0.29, 0.717) is 27.4 Å². The van der Waals surface area contributed by atoms with Gasteiger partial charge in [-0.3, -0.25) is 4.79 Å². The standard InChI is InChI=1S/C19H22Cl2N4O2/c1-11-10-22-19(25-18(11)27-2)24-16-5-3-15(4-6-16)23-17(26)12-7-13(20)9-14(21)8-12/h7-10,15-16H,3-6H2,1-2H3,(H,23,26)(H,22,24,25). The number of hydrogen-bond donors (Lipinski definition) is 2. The molecule has 0 atom stereocenters. The lowest BCUT2D eigenvalue weighted by atomic mass is 9.91. The van der Waals surface area contributed by atoms with Crippen molar-refractivity contribution in [1.29, 1.82) is 0 Å². The quantitative estimate of drug-likeness (QED) is 0.772. The van der Waals surface area contributed by atoms with Gasteiger partial charge in [-0.25, -0.2) is 4.98 Å². The second-order valence-electron chi connectivity index (χ2n) is 6.71. The predicted molar refractivity (Wildman–Crippen MR) is 107 cm³/mol. The van der Waals surface area contributed by atoms with Crippen molar-refractivity contribution in [3.63, 3.8) is 0 Å². The molecule has 1 saturated carbocycles. The van der Waals surface area contributed by atoms with Gasteiger partial charge >= 0.3 is 0 Å². The highest BCUT2D eigenvalue weighted by atomic mass is 35.5. The molecule has 0 aliphatic heterocycles. The van der Waals surface area contributed by atoms with E-state index < -0.39 is 0 Å². The second-order valence-corrected chi connectivity index (χ2v) is 7.58. The van der Waals surface area contributed by atoms with E-state index >= 15 is 0 Å². The van der Waals surface area contributed by atoms with Crippen LogP contribution in [0.4, 0.5) is 5.95 Å². The number of hydrogen-bond acceptors (Lipinski definition) is 5. The Morgan fingerprint density at radius 3 is 2.37 bits per heavy atom. The number of rotatable bonds is 5. The lowest BCUT2D eigenvalue weighted by molar-refractivity contribution is 0.0926. The molecule has 1 aromatic carbocycles. The molecule has 1 heterocycles. The van der Waals surface area contributed by atoms with Gasteiger partial charge in [-0.15, -0.1) is 0 Å². The van der Waals surface area contributed by atoms with Gasteiger partial charge in [0.1, 0.15) is 0 Å². The first-order valence-corrected chi connectivity index (χ1v) is 9.61. The lowest BCUT2D eigenvalue weighted by Gasteiger charge is -2.29. The summed E-state index contributed by atoms with van der Waals surface area (Å²) in [6.07, 6.45) is 5.33. The third-order valence-electron chi connectivity index (χ3n) is 4.64. The fraction of sp³-hybridized carbons (Fsp3) is 0.421. The molecule has 2 aromatic rings. The van der Waals surface area contributed by atoms with Crippen LogP contribution in [0.1, 0.15) is 41.6 Å². The smallest absolute Gasteiger partial charge is 0.251 e. The fourth-order valence-corrected chi connectivity index (χ4v) is 3.75. The SMILES string of the molecule is COc1nc(NC2CCC(NC(=O)c3cc(Cl)cc(Cl)c3)CC2)ncc1C. The minimum atomic E-state index is -0.151. The van der Waals surface area contributed by atoms with Crippen LogP contribution in [0.3, 0.4) is 0 Å². The van der Waals surface area contributed by atoms with Crippen LogP contribution in [0.2, 0.25) is 10.0 Å². The highest BCUT2D eigenvalue weighted by Crippen LogP contribution is 2.24. The van der Waals surface area contributed by atoms with Gasteiger partial charge in [0.05, 0.1) is 7.11 Å². The molecular formula is C19H22Cl2N4O2. The van der Waals surface area contributed by atoms with Gasteiger partial charge < -0.3 is 15.4 Å². The first-order valence-electron chi connectivity index (χ1n) is 8.85. The molecule has 0 bridgehead atoms. The van der Waals surface area contributed by atoms with E-state index in [0.717, 1.165) is 31.2 Å². The van der Waals surface area contributed by atoms with E-state index in [2.05, 4.69) is 20.6 Å². The van der Waals surface area contributed by atoms with Gasteiger partial charge in [-0.2, -0.15) is 4.98 Å². The Kier molecular flexibility index (Phi) is 6.39. The molecule has 27 heavy (non-hydrogen) atoms. The molecule has 144 valence electrons. The summed E-state index contributed by atoms with van der Waals surface area (Å²) in [7, 11) is 1.60. The molecule has 8 heteroatoms. The number of amides is 1. The molecule has 2 N–H and O–H groups in total. The number of halogens is 2. The van der Waals surface area contributed by atoms with Crippen molar-refractivity contribution in [2.45, 2.75) is 44.7 Å². The predicted octanol–water partition coefficient (Wildman–Crippen LogP) is 4.25. The summed E-state index contributed by atoms with van der Waals surface area (Å²) < 4.78 is 5.24. The van der Waals surface area contributed by atoms with E-state index in [-0.39, 0.29) is 18.0 Å². The Bertz CT molecular complexity index is 803. The third-order valence-corrected chi connectivity index (χ3v) is 5.08.